The van der Waals surface area contributed by atoms with E-state index in [0.29, 0.717) is 0 Å². The number of halogens is 2. The molecular weight excluding hydrogens is 134 g/mol. The van der Waals surface area contributed by atoms with E-state index in [0.717, 1.165) is 0 Å². The van der Waals surface area contributed by atoms with Crippen LogP contribution in [0.25, 0.3) is 0 Å². The molecule has 0 N–H and O–H groups in total. The smallest absolute Gasteiger partial charge is 0.135 e. The highest BCUT2D eigenvalue weighted by Gasteiger charge is 2.00. The van der Waals surface area contributed by atoms with Crippen molar-refractivity contribution in [3.8, 4) is 0 Å². The summed E-state index contributed by atoms with van der Waals surface area (Å²) in [5.41, 5.74) is 0. The fourth-order valence-corrected chi connectivity index (χ4v) is 0.475. The summed E-state index contributed by atoms with van der Waals surface area (Å²) in [6, 6.07) is 0. The van der Waals surface area contributed by atoms with Crippen molar-refractivity contribution >= 4 is 0 Å². The summed E-state index contributed by atoms with van der Waals surface area (Å²) in [4.78, 5) is 0. The normalized spacial score (nSPS) is 12.2. The second kappa shape index (κ2) is 4.91. The molecule has 0 heterocycles. The molecule has 0 bridgehead atoms. The first-order valence-electron chi connectivity index (χ1n) is 2.97. The fourth-order valence-electron chi connectivity index (χ4n) is 0.475. The van der Waals surface area contributed by atoms with Gasteiger partial charge in [-0.1, -0.05) is 12.2 Å². The highest BCUT2D eigenvalue weighted by atomic mass is 19.2. The topological polar surface area (TPSA) is 0 Å². The van der Waals surface area contributed by atoms with Gasteiger partial charge < -0.3 is 0 Å². The third kappa shape index (κ3) is 3.17. The van der Waals surface area contributed by atoms with Crippen LogP contribution >= 0.6 is 0 Å². The van der Waals surface area contributed by atoms with Crippen molar-refractivity contribution in [2.24, 2.45) is 0 Å². The lowest BCUT2D eigenvalue weighted by Gasteiger charge is -1.92. The largest absolute Gasteiger partial charge is 0.209 e. The van der Waals surface area contributed by atoms with E-state index in [1.165, 1.54) is 12.2 Å². The van der Waals surface area contributed by atoms with Crippen molar-refractivity contribution in [1.82, 2.24) is 0 Å². The van der Waals surface area contributed by atoms with E-state index < -0.39 is 11.7 Å². The Balaban J connectivity index is 4.02. The van der Waals surface area contributed by atoms with E-state index in [1.54, 1.807) is 0 Å². The molecule has 0 saturated carbocycles. The van der Waals surface area contributed by atoms with Crippen molar-refractivity contribution in [2.75, 3.05) is 0 Å². The highest BCUT2D eigenvalue weighted by Crippen LogP contribution is 2.15. The zero-order valence-electron chi connectivity index (χ0n) is 5.74. The lowest BCUT2D eigenvalue weighted by Crippen LogP contribution is -1.77. The maximum atomic E-state index is 12.4. The lowest BCUT2D eigenvalue weighted by molar-refractivity contribution is 0.514. The molecule has 0 atom stereocenters. The maximum absolute atomic E-state index is 12.4. The molecule has 0 aliphatic rings. The number of rotatable bonds is 4. The number of hydrogen-bond donors (Lipinski definition) is 0. The summed E-state index contributed by atoms with van der Waals surface area (Å²) < 4.78 is 24.7. The second-order valence-corrected chi connectivity index (χ2v) is 1.80. The van der Waals surface area contributed by atoms with Crippen LogP contribution in [-0.2, 0) is 0 Å². The zero-order chi connectivity index (χ0) is 7.98. The average Bonchev–Trinajstić information content (AvgIpc) is 1.89. The summed E-state index contributed by atoms with van der Waals surface area (Å²) in [5.74, 6) is -1.51. The molecule has 0 aromatic carbocycles. The molecule has 0 aliphatic heterocycles. The van der Waals surface area contributed by atoms with Gasteiger partial charge in [0.1, 0.15) is 11.7 Å². The predicted octanol–water partition coefficient (Wildman–Crippen LogP) is 3.29. The van der Waals surface area contributed by atoms with Gasteiger partial charge in [0.05, 0.1) is 0 Å². The Hall–Kier alpha value is -0.920. The third-order valence-electron chi connectivity index (χ3n) is 0.941. The number of hydrogen-bond acceptors (Lipinski definition) is 0. The summed E-state index contributed by atoms with van der Waals surface area (Å²) in [6.07, 6.45) is 2.55. The average molecular weight is 144 g/mol. The van der Waals surface area contributed by atoms with Crippen LogP contribution in [0.3, 0.4) is 0 Å². The van der Waals surface area contributed by atoms with Crippen LogP contribution in [0.1, 0.15) is 12.8 Å². The van der Waals surface area contributed by atoms with Gasteiger partial charge in [-0.3, -0.25) is 0 Å². The number of allylic oxidation sites excluding steroid dienone is 4. The van der Waals surface area contributed by atoms with E-state index >= 15 is 0 Å². The molecule has 56 valence electrons. The van der Waals surface area contributed by atoms with Crippen LogP contribution in [-0.4, -0.2) is 0 Å². The van der Waals surface area contributed by atoms with Gasteiger partial charge in [-0.25, -0.2) is 8.78 Å². The molecule has 0 nitrogen and oxygen atoms in total. The van der Waals surface area contributed by atoms with E-state index in [4.69, 9.17) is 0 Å². The maximum Gasteiger partial charge on any atom is 0.135 e. The molecule has 0 unspecified atom stereocenters. The first-order valence-corrected chi connectivity index (χ1v) is 2.97. The van der Waals surface area contributed by atoms with Gasteiger partial charge in [0.25, 0.3) is 0 Å². The molecule has 0 amide bonds. The summed E-state index contributed by atoms with van der Waals surface area (Å²) in [5, 5.41) is 0. The fraction of sp³-hybridized carbons (Fsp3) is 0.250. The van der Waals surface area contributed by atoms with Crippen LogP contribution in [0, 0.1) is 0 Å². The summed E-state index contributed by atoms with van der Waals surface area (Å²) in [7, 11) is 0. The minimum absolute atomic E-state index is 0.0420. The Morgan fingerprint density at radius 3 is 1.50 bits per heavy atom. The second-order valence-electron chi connectivity index (χ2n) is 1.80. The molecule has 0 spiro atoms. The van der Waals surface area contributed by atoms with Crippen molar-refractivity contribution in [3.63, 3.8) is 0 Å². The van der Waals surface area contributed by atoms with Gasteiger partial charge in [0, 0.05) is 12.8 Å². The van der Waals surface area contributed by atoms with Gasteiger partial charge in [-0.2, -0.15) is 0 Å². The van der Waals surface area contributed by atoms with Crippen LogP contribution in [0.4, 0.5) is 8.78 Å². The molecule has 0 rings (SSSR count). The standard InChI is InChI=1S/C8H10F2/c1-3-5-7(9)8(10)6-4-2/h3-4H,1-2,5-6H2. The van der Waals surface area contributed by atoms with Gasteiger partial charge in [-0.15, -0.1) is 13.2 Å². The van der Waals surface area contributed by atoms with Gasteiger partial charge in [-0.05, 0) is 0 Å². The van der Waals surface area contributed by atoms with Crippen molar-refractivity contribution in [2.45, 2.75) is 12.8 Å². The quantitative estimate of drug-likeness (QED) is 0.531. The molecule has 10 heavy (non-hydrogen) atoms. The third-order valence-corrected chi connectivity index (χ3v) is 0.941. The first kappa shape index (κ1) is 9.08. The highest BCUT2D eigenvalue weighted by molar-refractivity contribution is 5.06. The van der Waals surface area contributed by atoms with E-state index in [9.17, 15) is 8.78 Å². The van der Waals surface area contributed by atoms with E-state index in [1.807, 2.05) is 0 Å². The Kier molecular flexibility index (Phi) is 4.46. The molecule has 0 saturated heterocycles. The van der Waals surface area contributed by atoms with Crippen LogP contribution in [0.15, 0.2) is 37.0 Å². The van der Waals surface area contributed by atoms with Gasteiger partial charge in [0.2, 0.25) is 0 Å². The molecule has 0 radical (unpaired) electrons. The van der Waals surface area contributed by atoms with Crippen molar-refractivity contribution < 1.29 is 8.78 Å². The summed E-state index contributed by atoms with van der Waals surface area (Å²) in [6.45, 7) is 6.55. The Bertz CT molecular complexity index is 139. The van der Waals surface area contributed by atoms with E-state index in [-0.39, 0.29) is 12.8 Å². The van der Waals surface area contributed by atoms with Gasteiger partial charge in [0.15, 0.2) is 0 Å². The van der Waals surface area contributed by atoms with Crippen LogP contribution < -0.4 is 0 Å². The summed E-state index contributed by atoms with van der Waals surface area (Å²) >= 11 is 0. The Morgan fingerprint density at radius 2 is 1.30 bits per heavy atom. The minimum Gasteiger partial charge on any atom is -0.209 e. The monoisotopic (exact) mass is 144 g/mol. The minimum atomic E-state index is -0.755. The van der Waals surface area contributed by atoms with Crippen molar-refractivity contribution in [3.05, 3.63) is 37.0 Å². The molecule has 0 aromatic rings. The molecule has 0 fully saturated rings. The first-order chi connectivity index (χ1) is 4.72. The lowest BCUT2D eigenvalue weighted by atomic mass is 10.3. The Morgan fingerprint density at radius 1 is 1.00 bits per heavy atom. The van der Waals surface area contributed by atoms with E-state index in [2.05, 4.69) is 13.2 Å². The molecule has 0 aliphatic carbocycles. The Labute approximate surface area is 59.6 Å². The molecule has 2 heteroatoms. The molecule has 0 aromatic heterocycles. The van der Waals surface area contributed by atoms with Gasteiger partial charge >= 0.3 is 0 Å². The van der Waals surface area contributed by atoms with Crippen LogP contribution in [0.5, 0.6) is 0 Å². The van der Waals surface area contributed by atoms with Crippen molar-refractivity contribution in [1.29, 1.82) is 0 Å². The SMILES string of the molecule is C=CCC(F)=C(F)CC=C. The zero-order valence-corrected chi connectivity index (χ0v) is 5.74. The van der Waals surface area contributed by atoms with Crippen LogP contribution in [0.2, 0.25) is 0 Å². The predicted molar refractivity (Wildman–Crippen MR) is 38.9 cm³/mol. The molecular formula is C8H10F2.